The summed E-state index contributed by atoms with van der Waals surface area (Å²) in [6.07, 6.45) is 0. The van der Waals surface area contributed by atoms with Crippen molar-refractivity contribution in [1.82, 2.24) is 20.4 Å². The first kappa shape index (κ1) is 33.0. The predicted molar refractivity (Wildman–Crippen MR) is 118 cm³/mol. The molecule has 23 heavy (non-hydrogen) atoms. The number of nitrogens with one attached hydrogen (secondary N) is 2. The standard InChI is InChI=1S/C6H14Cl2N2.2C3H9NS2.Co/c7-1-3-9-5-6-10-4-2-8;2*1-4(2)3(5)6;/h9-10H,1-6H2;2*3,5-6H,1-2H3;/q;;;+3. The molecule has 0 atom stereocenters. The molecule has 0 rings (SSSR count). The van der Waals surface area contributed by atoms with Crippen LogP contribution in [-0.2, 0) is 16.8 Å². The van der Waals surface area contributed by atoms with Crippen molar-refractivity contribution in [2.75, 3.05) is 66.1 Å². The molecule has 4 nitrogen and oxygen atoms in total. The average molecular weight is 491 g/mol. The largest absolute Gasteiger partial charge is 3.00 e. The van der Waals surface area contributed by atoms with E-state index < -0.39 is 0 Å². The number of rotatable bonds is 9. The smallest absolute Gasteiger partial charge is 0.314 e. The maximum atomic E-state index is 5.44. The molecule has 0 heterocycles. The number of thiol groups is 4. The Morgan fingerprint density at radius 3 is 1.04 bits per heavy atom. The first-order valence-electron chi connectivity index (χ1n) is 6.79. The molecular formula is C12H32Cl2CoN4S4+3. The molecule has 0 aliphatic carbocycles. The van der Waals surface area contributed by atoms with Gasteiger partial charge in [-0.25, -0.2) is 0 Å². The van der Waals surface area contributed by atoms with Crippen molar-refractivity contribution in [2.45, 2.75) is 9.41 Å². The van der Waals surface area contributed by atoms with Crippen molar-refractivity contribution in [3.63, 3.8) is 0 Å². The average Bonchev–Trinajstić information content (AvgIpc) is 2.44. The fraction of sp³-hybridized carbons (Fsp3) is 1.00. The third kappa shape index (κ3) is 40.4. The van der Waals surface area contributed by atoms with Crippen LogP contribution in [0.15, 0.2) is 0 Å². The van der Waals surface area contributed by atoms with Crippen LogP contribution in [0.1, 0.15) is 0 Å². The van der Waals surface area contributed by atoms with Crippen LogP contribution >= 0.6 is 73.7 Å². The van der Waals surface area contributed by atoms with E-state index in [9.17, 15) is 0 Å². The molecule has 2 N–H and O–H groups in total. The quantitative estimate of drug-likeness (QED) is 0.129. The van der Waals surface area contributed by atoms with Gasteiger partial charge in [0.15, 0.2) is 0 Å². The number of halogens is 2. The van der Waals surface area contributed by atoms with Gasteiger partial charge in [0.25, 0.3) is 0 Å². The van der Waals surface area contributed by atoms with Crippen LogP contribution in [-0.4, -0.2) is 85.3 Å². The van der Waals surface area contributed by atoms with Crippen LogP contribution < -0.4 is 10.6 Å². The molecule has 0 aromatic heterocycles. The van der Waals surface area contributed by atoms with E-state index in [1.54, 1.807) is 0 Å². The molecule has 0 saturated carbocycles. The van der Waals surface area contributed by atoms with Gasteiger partial charge in [0.05, 0.1) is 9.41 Å². The Balaban J connectivity index is -0.000000122. The maximum absolute atomic E-state index is 5.44. The summed E-state index contributed by atoms with van der Waals surface area (Å²) in [7, 11) is 7.69. The van der Waals surface area contributed by atoms with E-state index in [-0.39, 0.29) is 26.2 Å². The topological polar surface area (TPSA) is 30.5 Å². The van der Waals surface area contributed by atoms with E-state index in [4.69, 9.17) is 23.2 Å². The molecule has 11 heteroatoms. The number of hydrogen-bond acceptors (Lipinski definition) is 8. The minimum Gasteiger partial charge on any atom is -0.314 e. The zero-order valence-corrected chi connectivity index (χ0v) is 20.3. The summed E-state index contributed by atoms with van der Waals surface area (Å²) in [6.45, 7) is 3.68. The van der Waals surface area contributed by atoms with Crippen LogP contribution in [0.3, 0.4) is 0 Å². The Hall–Kier alpha value is 2.33. The van der Waals surface area contributed by atoms with Crippen molar-refractivity contribution in [2.24, 2.45) is 0 Å². The van der Waals surface area contributed by atoms with E-state index in [0.717, 1.165) is 26.2 Å². The van der Waals surface area contributed by atoms with Gasteiger partial charge in [-0.3, -0.25) is 9.80 Å². The van der Waals surface area contributed by atoms with E-state index in [0.29, 0.717) is 11.8 Å². The molecule has 0 aliphatic rings. The summed E-state index contributed by atoms with van der Waals surface area (Å²) in [5.74, 6) is 1.35. The van der Waals surface area contributed by atoms with E-state index in [1.807, 2.05) is 38.0 Å². The van der Waals surface area contributed by atoms with E-state index >= 15 is 0 Å². The first-order valence-corrected chi connectivity index (χ1v) is 9.92. The molecule has 0 unspecified atom stereocenters. The zero-order valence-electron chi connectivity index (χ0n) is 14.2. The fourth-order valence-corrected chi connectivity index (χ4v) is 0.828. The van der Waals surface area contributed by atoms with E-state index in [1.165, 1.54) is 0 Å². The van der Waals surface area contributed by atoms with Gasteiger partial charge < -0.3 is 10.6 Å². The second-order valence-corrected chi connectivity index (χ2v) is 8.03. The number of nitrogens with zero attached hydrogens (tertiary/aromatic N) is 2. The minimum atomic E-state index is 0. The Bertz CT molecular complexity index is 176. The van der Waals surface area contributed by atoms with Gasteiger partial charge in [-0.2, -0.15) is 0 Å². The van der Waals surface area contributed by atoms with Crippen molar-refractivity contribution in [1.29, 1.82) is 0 Å². The van der Waals surface area contributed by atoms with Gasteiger partial charge in [0.2, 0.25) is 0 Å². The van der Waals surface area contributed by atoms with Gasteiger partial charge in [0.1, 0.15) is 0 Å². The second-order valence-electron chi connectivity index (χ2n) is 4.50. The van der Waals surface area contributed by atoms with Gasteiger partial charge in [-0.05, 0) is 28.2 Å². The van der Waals surface area contributed by atoms with Gasteiger partial charge in [0, 0.05) is 37.9 Å². The molecule has 0 aromatic rings. The molecule has 0 saturated heterocycles. The molecule has 144 valence electrons. The van der Waals surface area contributed by atoms with Crippen LogP contribution in [0.25, 0.3) is 0 Å². The SMILES string of the molecule is CN(C)C(S)S.CN(C)C(S)S.ClCCNCCNCCCl.[Co+3]. The van der Waals surface area contributed by atoms with Gasteiger partial charge in [-0.15, -0.1) is 73.7 Å². The Morgan fingerprint density at radius 1 is 0.696 bits per heavy atom. The maximum Gasteiger partial charge on any atom is 3.00 e. The molecular weight excluding hydrogens is 458 g/mol. The monoisotopic (exact) mass is 489 g/mol. The third-order valence-electron chi connectivity index (χ3n) is 1.94. The van der Waals surface area contributed by atoms with Crippen LogP contribution in [0.2, 0.25) is 0 Å². The first-order chi connectivity index (χ1) is 10.2. The van der Waals surface area contributed by atoms with Crippen LogP contribution in [0, 0.1) is 0 Å². The molecule has 0 aromatic carbocycles. The number of hydrogen-bond donors (Lipinski definition) is 6. The Labute approximate surface area is 185 Å². The van der Waals surface area contributed by atoms with Gasteiger partial charge in [-0.1, -0.05) is 0 Å². The van der Waals surface area contributed by atoms with Crippen molar-refractivity contribution in [3.8, 4) is 0 Å². The fourth-order valence-electron chi connectivity index (χ4n) is 0.560. The minimum absolute atomic E-state index is 0. The summed E-state index contributed by atoms with van der Waals surface area (Å²) in [6, 6.07) is 0. The molecule has 0 fully saturated rings. The Kier molecular flexibility index (Phi) is 38.0. The Morgan fingerprint density at radius 2 is 0.913 bits per heavy atom. The van der Waals surface area contributed by atoms with Crippen LogP contribution in [0.4, 0.5) is 0 Å². The zero-order chi connectivity index (χ0) is 18.0. The summed E-state index contributed by atoms with van der Waals surface area (Å²) in [5, 5.41) is 6.31. The van der Waals surface area contributed by atoms with Crippen LogP contribution in [0.5, 0.6) is 0 Å². The van der Waals surface area contributed by atoms with Crippen molar-refractivity contribution >= 4 is 73.7 Å². The number of alkyl halides is 2. The summed E-state index contributed by atoms with van der Waals surface area (Å²) >= 11 is 26.8. The van der Waals surface area contributed by atoms with Crippen molar-refractivity contribution in [3.05, 3.63) is 0 Å². The third-order valence-corrected chi connectivity index (χ3v) is 4.17. The molecule has 0 amide bonds. The molecule has 0 aliphatic heterocycles. The van der Waals surface area contributed by atoms with Gasteiger partial charge >= 0.3 is 16.8 Å². The molecule has 0 radical (unpaired) electrons. The van der Waals surface area contributed by atoms with E-state index in [2.05, 4.69) is 61.1 Å². The molecule has 0 bridgehead atoms. The summed E-state index contributed by atoms with van der Waals surface area (Å²) < 4.78 is 0.148. The summed E-state index contributed by atoms with van der Waals surface area (Å²) in [5.41, 5.74) is 0. The summed E-state index contributed by atoms with van der Waals surface area (Å²) in [4.78, 5) is 3.79. The predicted octanol–water partition coefficient (Wildman–Crippen LogP) is 2.02. The normalized spacial score (nSPS) is 10.2. The molecule has 0 spiro atoms. The second kappa shape index (κ2) is 26.6. The van der Waals surface area contributed by atoms with Crippen molar-refractivity contribution < 1.29 is 16.8 Å².